The number of carbonyl (C=O) groups excluding carboxylic acids is 1. The maximum absolute atomic E-state index is 12.6. The molecule has 7 heteroatoms. The number of hydrogen-bond acceptors (Lipinski definition) is 5. The number of hydrogen-bond donors (Lipinski definition) is 2. The molecule has 152 valence electrons. The minimum Gasteiger partial charge on any atom is -0.493 e. The molecule has 0 bridgehead atoms. The van der Waals surface area contributed by atoms with Gasteiger partial charge in [-0.05, 0) is 31.5 Å². The number of amides is 1. The lowest BCUT2D eigenvalue weighted by Gasteiger charge is -2.10. The van der Waals surface area contributed by atoms with Crippen LogP contribution in [0.3, 0.4) is 0 Å². The quantitative estimate of drug-likeness (QED) is 0.518. The van der Waals surface area contributed by atoms with Gasteiger partial charge in [0.1, 0.15) is 5.56 Å². The van der Waals surface area contributed by atoms with Gasteiger partial charge in [-0.1, -0.05) is 35.9 Å². The summed E-state index contributed by atoms with van der Waals surface area (Å²) in [6.45, 7) is 4.31. The Balaban J connectivity index is 1.54. The van der Waals surface area contributed by atoms with E-state index in [1.807, 2.05) is 56.3 Å². The van der Waals surface area contributed by atoms with E-state index in [4.69, 9.17) is 0 Å². The van der Waals surface area contributed by atoms with E-state index >= 15 is 0 Å². The summed E-state index contributed by atoms with van der Waals surface area (Å²) in [5.41, 5.74) is 5.19. The molecule has 1 amide bonds. The summed E-state index contributed by atoms with van der Waals surface area (Å²) in [5, 5.41) is 17.9. The van der Waals surface area contributed by atoms with Crippen molar-refractivity contribution in [2.75, 3.05) is 6.54 Å². The molecular formula is C23H23N5O2. The highest BCUT2D eigenvalue weighted by molar-refractivity contribution is 5.99. The van der Waals surface area contributed by atoms with Gasteiger partial charge in [0, 0.05) is 42.5 Å². The summed E-state index contributed by atoms with van der Waals surface area (Å²) < 4.78 is 1.32. The Morgan fingerprint density at radius 2 is 1.93 bits per heavy atom. The fourth-order valence-corrected chi connectivity index (χ4v) is 3.34. The zero-order chi connectivity index (χ0) is 21.1. The first-order chi connectivity index (χ1) is 14.5. The van der Waals surface area contributed by atoms with Crippen LogP contribution in [0.15, 0.2) is 54.9 Å². The number of fused-ring (bicyclic) bond motifs is 1. The molecule has 0 unspecified atom stereocenters. The van der Waals surface area contributed by atoms with Crippen LogP contribution in [0.4, 0.5) is 0 Å². The second kappa shape index (κ2) is 8.32. The van der Waals surface area contributed by atoms with Crippen molar-refractivity contribution in [2.24, 2.45) is 0 Å². The van der Waals surface area contributed by atoms with E-state index in [0.717, 1.165) is 11.3 Å². The number of carbonyl (C=O) groups is 1. The molecule has 0 radical (unpaired) electrons. The highest BCUT2D eigenvalue weighted by Gasteiger charge is 2.19. The Bertz CT molecular complexity index is 1180. The van der Waals surface area contributed by atoms with E-state index in [0.29, 0.717) is 41.9 Å². The van der Waals surface area contributed by atoms with Crippen molar-refractivity contribution in [3.63, 3.8) is 0 Å². The van der Waals surface area contributed by atoms with Gasteiger partial charge in [0.05, 0.1) is 6.20 Å². The highest BCUT2D eigenvalue weighted by Crippen LogP contribution is 2.25. The van der Waals surface area contributed by atoms with Gasteiger partial charge in [0.2, 0.25) is 5.88 Å². The maximum atomic E-state index is 12.6. The minimum atomic E-state index is -0.279. The molecule has 3 aromatic heterocycles. The van der Waals surface area contributed by atoms with Crippen LogP contribution in [0.1, 0.15) is 38.4 Å². The van der Waals surface area contributed by atoms with Crippen LogP contribution in [0.5, 0.6) is 5.88 Å². The highest BCUT2D eigenvalue weighted by atomic mass is 16.3. The lowest BCUT2D eigenvalue weighted by molar-refractivity contribution is 0.0955. The zero-order valence-corrected chi connectivity index (χ0v) is 17.0. The van der Waals surface area contributed by atoms with Gasteiger partial charge in [-0.3, -0.25) is 9.78 Å². The van der Waals surface area contributed by atoms with Gasteiger partial charge >= 0.3 is 0 Å². The van der Waals surface area contributed by atoms with Gasteiger partial charge in [-0.25, -0.2) is 4.98 Å². The molecule has 7 nitrogen and oxygen atoms in total. The van der Waals surface area contributed by atoms with Gasteiger partial charge in [-0.2, -0.15) is 9.61 Å². The molecule has 2 N–H and O–H groups in total. The van der Waals surface area contributed by atoms with Crippen LogP contribution in [0, 0.1) is 13.8 Å². The van der Waals surface area contributed by atoms with Crippen molar-refractivity contribution in [1.82, 2.24) is 24.9 Å². The summed E-state index contributed by atoms with van der Waals surface area (Å²) in [7, 11) is 0. The molecule has 4 rings (SSSR count). The van der Waals surface area contributed by atoms with Crippen LogP contribution in [0.25, 0.3) is 5.65 Å². The number of rotatable bonds is 6. The average Bonchev–Trinajstić information content (AvgIpc) is 3.17. The molecule has 0 saturated carbocycles. The van der Waals surface area contributed by atoms with E-state index in [2.05, 4.69) is 20.4 Å². The zero-order valence-electron chi connectivity index (χ0n) is 17.0. The minimum absolute atomic E-state index is 0.00519. The Morgan fingerprint density at radius 1 is 1.13 bits per heavy atom. The van der Waals surface area contributed by atoms with E-state index < -0.39 is 0 Å². The van der Waals surface area contributed by atoms with Crippen LogP contribution < -0.4 is 5.32 Å². The largest absolute Gasteiger partial charge is 0.493 e. The lowest BCUT2D eigenvalue weighted by atomic mass is 10.0. The molecule has 0 spiro atoms. The number of aromatic nitrogens is 4. The van der Waals surface area contributed by atoms with Crippen molar-refractivity contribution in [3.8, 4) is 5.88 Å². The topological polar surface area (TPSA) is 92.4 Å². The van der Waals surface area contributed by atoms with Crippen LogP contribution >= 0.6 is 0 Å². The SMILES string of the molecule is Cc1ccc(Cc2c(C)nc3c(C(=O)NCCc4ccccn4)cnn3c2O)cc1. The number of aryl methyl sites for hydroxylation is 2. The number of pyridine rings is 1. The van der Waals surface area contributed by atoms with Crippen molar-refractivity contribution >= 4 is 11.6 Å². The molecule has 1 aromatic carbocycles. The Hall–Kier alpha value is -3.74. The third-order valence-corrected chi connectivity index (χ3v) is 5.06. The van der Waals surface area contributed by atoms with E-state index in [1.165, 1.54) is 16.3 Å². The van der Waals surface area contributed by atoms with Gasteiger partial charge in [0.25, 0.3) is 5.91 Å². The Morgan fingerprint density at radius 3 is 2.67 bits per heavy atom. The molecule has 4 aromatic rings. The predicted octanol–water partition coefficient (Wildman–Crippen LogP) is 3.01. The summed E-state index contributed by atoms with van der Waals surface area (Å²) in [6, 6.07) is 13.8. The molecule has 0 saturated heterocycles. The summed E-state index contributed by atoms with van der Waals surface area (Å²) in [6.07, 6.45) is 4.33. The normalized spacial score (nSPS) is 11.0. The third-order valence-electron chi connectivity index (χ3n) is 5.06. The summed E-state index contributed by atoms with van der Waals surface area (Å²) >= 11 is 0. The van der Waals surface area contributed by atoms with E-state index in [9.17, 15) is 9.90 Å². The van der Waals surface area contributed by atoms with Crippen molar-refractivity contribution in [1.29, 1.82) is 0 Å². The smallest absolute Gasteiger partial charge is 0.256 e. The molecule has 0 aliphatic carbocycles. The molecule has 30 heavy (non-hydrogen) atoms. The number of aromatic hydroxyl groups is 1. The van der Waals surface area contributed by atoms with E-state index in [-0.39, 0.29) is 11.8 Å². The molecule has 0 aliphatic heterocycles. The van der Waals surface area contributed by atoms with Crippen LogP contribution in [-0.2, 0) is 12.8 Å². The molecule has 0 fully saturated rings. The second-order valence-electron chi connectivity index (χ2n) is 7.28. The fourth-order valence-electron chi connectivity index (χ4n) is 3.34. The standard InChI is InChI=1S/C23H23N5O2/c1-15-6-8-17(9-7-15)13-19-16(2)27-21-20(14-26-28(21)23(19)30)22(29)25-12-10-18-5-3-4-11-24-18/h3-9,11,14,30H,10,12-13H2,1-2H3,(H,25,29). The number of benzene rings is 1. The van der Waals surface area contributed by atoms with Crippen molar-refractivity contribution < 1.29 is 9.90 Å². The van der Waals surface area contributed by atoms with Gasteiger partial charge < -0.3 is 10.4 Å². The Labute approximate surface area is 174 Å². The molecule has 0 atom stereocenters. The van der Waals surface area contributed by atoms with Crippen molar-refractivity contribution in [2.45, 2.75) is 26.7 Å². The first kappa shape index (κ1) is 19.6. The predicted molar refractivity (Wildman–Crippen MR) is 114 cm³/mol. The first-order valence-electron chi connectivity index (χ1n) is 9.83. The Kier molecular flexibility index (Phi) is 5.43. The number of nitrogens with zero attached hydrogens (tertiary/aromatic N) is 4. The van der Waals surface area contributed by atoms with Crippen LogP contribution in [-0.4, -0.2) is 37.1 Å². The van der Waals surface area contributed by atoms with Gasteiger partial charge in [-0.15, -0.1) is 0 Å². The van der Waals surface area contributed by atoms with E-state index in [1.54, 1.807) is 6.20 Å². The summed E-state index contributed by atoms with van der Waals surface area (Å²) in [5.74, 6) is -0.274. The number of nitrogens with one attached hydrogen (secondary N) is 1. The third kappa shape index (κ3) is 4.00. The first-order valence-corrected chi connectivity index (χ1v) is 9.83. The second-order valence-corrected chi connectivity index (χ2v) is 7.28. The average molecular weight is 401 g/mol. The monoisotopic (exact) mass is 401 g/mol. The molecular weight excluding hydrogens is 378 g/mol. The fraction of sp³-hybridized carbons (Fsp3) is 0.217. The van der Waals surface area contributed by atoms with Gasteiger partial charge in [0.15, 0.2) is 5.65 Å². The molecule has 0 aliphatic rings. The summed E-state index contributed by atoms with van der Waals surface area (Å²) in [4.78, 5) is 21.4. The van der Waals surface area contributed by atoms with Crippen LogP contribution in [0.2, 0.25) is 0 Å². The maximum Gasteiger partial charge on any atom is 0.256 e. The lowest BCUT2D eigenvalue weighted by Crippen LogP contribution is -2.26. The van der Waals surface area contributed by atoms with Crippen molar-refractivity contribution in [3.05, 3.63) is 88.5 Å². The molecule has 3 heterocycles.